The average Bonchev–Trinajstić information content (AvgIpc) is 2.72. The topological polar surface area (TPSA) is 20.2 Å². The zero-order valence-electron chi connectivity index (χ0n) is 14.3. The summed E-state index contributed by atoms with van der Waals surface area (Å²) in [5, 5.41) is 10.6. The quantitative estimate of drug-likeness (QED) is 0.490. The molecule has 0 aliphatic heterocycles. The summed E-state index contributed by atoms with van der Waals surface area (Å²) in [6.07, 6.45) is 12.3. The van der Waals surface area contributed by atoms with Gasteiger partial charge in [-0.15, -0.1) is 11.6 Å². The smallest absolute Gasteiger partial charge is 0.0760 e. The van der Waals surface area contributed by atoms with Gasteiger partial charge < -0.3 is 5.11 Å². The highest BCUT2D eigenvalue weighted by atomic mass is 35.5. The van der Waals surface area contributed by atoms with Crippen LogP contribution in [0.25, 0.3) is 0 Å². The summed E-state index contributed by atoms with van der Waals surface area (Å²) in [5.41, 5.74) is 0.467. The van der Waals surface area contributed by atoms with Crippen molar-refractivity contribution in [2.45, 2.75) is 70.8 Å². The summed E-state index contributed by atoms with van der Waals surface area (Å²) in [4.78, 5) is 0. The molecule has 0 bridgehead atoms. The first-order valence-corrected chi connectivity index (χ1v) is 9.81. The first-order valence-electron chi connectivity index (χ1n) is 9.38. The van der Waals surface area contributed by atoms with Crippen LogP contribution in [0.1, 0.15) is 59.3 Å². The Morgan fingerprint density at radius 3 is 2.64 bits per heavy atom. The van der Waals surface area contributed by atoms with Crippen LogP contribution in [0.3, 0.4) is 0 Å². The summed E-state index contributed by atoms with van der Waals surface area (Å²) < 4.78 is 0. The summed E-state index contributed by atoms with van der Waals surface area (Å²) in [7, 11) is 0. The van der Waals surface area contributed by atoms with Gasteiger partial charge in [0.2, 0.25) is 0 Å². The van der Waals surface area contributed by atoms with Gasteiger partial charge in [-0.3, -0.25) is 0 Å². The predicted octanol–water partition coefficient (Wildman–Crippen LogP) is 5.02. The Balaban J connectivity index is 1.67. The van der Waals surface area contributed by atoms with Crippen LogP contribution in [-0.2, 0) is 0 Å². The third-order valence-corrected chi connectivity index (χ3v) is 8.76. The van der Waals surface area contributed by atoms with E-state index in [0.29, 0.717) is 11.3 Å². The molecule has 124 valence electrons. The predicted molar refractivity (Wildman–Crippen MR) is 91.8 cm³/mol. The number of aliphatic hydroxyl groups is 1. The van der Waals surface area contributed by atoms with Gasteiger partial charge in [0.25, 0.3) is 0 Å². The summed E-state index contributed by atoms with van der Waals surface area (Å²) in [6, 6.07) is 0. The molecule has 9 atom stereocenters. The second kappa shape index (κ2) is 4.99. The molecule has 4 aliphatic rings. The lowest BCUT2D eigenvalue weighted by Crippen LogP contribution is -2.52. The maximum absolute atomic E-state index is 10.6. The molecule has 1 N–H and O–H groups in total. The van der Waals surface area contributed by atoms with Crippen LogP contribution < -0.4 is 0 Å². The Labute approximate surface area is 140 Å². The fourth-order valence-corrected chi connectivity index (χ4v) is 7.42. The second-order valence-corrected chi connectivity index (χ2v) is 9.89. The van der Waals surface area contributed by atoms with Crippen LogP contribution >= 0.6 is 11.6 Å². The molecule has 4 rings (SSSR count). The Bertz CT molecular complexity index is 488. The Kier molecular flexibility index (Phi) is 3.52. The van der Waals surface area contributed by atoms with Gasteiger partial charge in [-0.1, -0.05) is 32.9 Å². The first kappa shape index (κ1) is 15.5. The molecule has 3 fully saturated rings. The number of rotatable bonds is 0. The van der Waals surface area contributed by atoms with Crippen molar-refractivity contribution in [1.82, 2.24) is 0 Å². The van der Waals surface area contributed by atoms with Gasteiger partial charge in [0.1, 0.15) is 0 Å². The molecule has 0 amide bonds. The fourth-order valence-electron chi connectivity index (χ4n) is 6.94. The van der Waals surface area contributed by atoms with Gasteiger partial charge in [-0.2, -0.15) is 0 Å². The number of alkyl halides is 1. The van der Waals surface area contributed by atoms with Crippen LogP contribution in [-0.4, -0.2) is 16.6 Å². The zero-order chi connectivity index (χ0) is 15.7. The molecule has 22 heavy (non-hydrogen) atoms. The Morgan fingerprint density at radius 2 is 1.86 bits per heavy atom. The number of hydrogen-bond donors (Lipinski definition) is 1. The standard InChI is InChI=1S/C20H31ClO/c1-12-6-8-19(2)13(10-12)4-5-14-15(19)7-9-20(3)16(14)11-17(21)18(20)22/h6,8,12-18,22H,4-5,7,9-11H2,1-3H3/t12?,13?,14-,15-,16+,17?,18?,19+,20+/m1/s1. The van der Waals surface area contributed by atoms with Gasteiger partial charge in [0.15, 0.2) is 0 Å². The summed E-state index contributed by atoms with van der Waals surface area (Å²) in [6.45, 7) is 7.21. The van der Waals surface area contributed by atoms with E-state index in [2.05, 4.69) is 32.9 Å². The molecule has 2 heteroatoms. The molecule has 0 aromatic heterocycles. The van der Waals surface area contributed by atoms with E-state index in [4.69, 9.17) is 11.6 Å². The van der Waals surface area contributed by atoms with Crippen molar-refractivity contribution in [3.8, 4) is 0 Å². The number of aliphatic hydroxyl groups excluding tert-OH is 1. The molecule has 0 saturated heterocycles. The molecule has 4 unspecified atom stereocenters. The van der Waals surface area contributed by atoms with Crippen molar-refractivity contribution in [1.29, 1.82) is 0 Å². The number of allylic oxidation sites excluding steroid dienone is 2. The molecule has 0 spiro atoms. The van der Waals surface area contributed by atoms with Crippen molar-refractivity contribution >= 4 is 11.6 Å². The highest BCUT2D eigenvalue weighted by molar-refractivity contribution is 6.21. The fraction of sp³-hybridized carbons (Fsp3) is 0.900. The Hall–Kier alpha value is -0.0100. The highest BCUT2D eigenvalue weighted by Crippen LogP contribution is 2.65. The lowest BCUT2D eigenvalue weighted by atomic mass is 9.46. The monoisotopic (exact) mass is 322 g/mol. The lowest BCUT2D eigenvalue weighted by molar-refractivity contribution is -0.0961. The largest absolute Gasteiger partial charge is 0.391 e. The van der Waals surface area contributed by atoms with Crippen molar-refractivity contribution in [3.05, 3.63) is 12.2 Å². The summed E-state index contributed by atoms with van der Waals surface area (Å²) >= 11 is 6.49. The van der Waals surface area contributed by atoms with Gasteiger partial charge in [0.05, 0.1) is 11.5 Å². The van der Waals surface area contributed by atoms with Crippen LogP contribution in [0, 0.1) is 40.4 Å². The SMILES string of the molecule is CC1C=C[C@@]2(C)C(CC[C@@H]3[C@H]2CC[C@]2(C)C(O)C(Cl)C[C@@H]32)C1. The van der Waals surface area contributed by atoms with E-state index >= 15 is 0 Å². The third-order valence-electron chi connectivity index (χ3n) is 8.34. The molecule has 0 aromatic rings. The molecule has 0 aromatic carbocycles. The van der Waals surface area contributed by atoms with E-state index in [1.807, 2.05) is 0 Å². The van der Waals surface area contributed by atoms with Crippen molar-refractivity contribution < 1.29 is 5.11 Å². The van der Waals surface area contributed by atoms with Crippen molar-refractivity contribution in [2.24, 2.45) is 40.4 Å². The van der Waals surface area contributed by atoms with Gasteiger partial charge in [-0.05, 0) is 78.9 Å². The van der Waals surface area contributed by atoms with E-state index in [1.165, 1.54) is 25.7 Å². The maximum atomic E-state index is 10.6. The third kappa shape index (κ3) is 1.94. The molecule has 0 heterocycles. The molecule has 3 saturated carbocycles. The molecular weight excluding hydrogens is 292 g/mol. The number of fused-ring (bicyclic) bond motifs is 5. The van der Waals surface area contributed by atoms with Crippen molar-refractivity contribution in [2.75, 3.05) is 0 Å². The van der Waals surface area contributed by atoms with Crippen LogP contribution in [0.15, 0.2) is 12.2 Å². The maximum Gasteiger partial charge on any atom is 0.0760 e. The highest BCUT2D eigenvalue weighted by Gasteiger charge is 2.61. The van der Waals surface area contributed by atoms with E-state index in [0.717, 1.165) is 36.5 Å². The normalized spacial score (nSPS) is 60.5. The van der Waals surface area contributed by atoms with E-state index in [-0.39, 0.29) is 16.9 Å². The minimum absolute atomic E-state index is 0.0267. The minimum atomic E-state index is -0.299. The second-order valence-electron chi connectivity index (χ2n) is 9.33. The van der Waals surface area contributed by atoms with Gasteiger partial charge in [0, 0.05) is 0 Å². The lowest BCUT2D eigenvalue weighted by Gasteiger charge is -2.59. The number of halogens is 1. The van der Waals surface area contributed by atoms with E-state index in [9.17, 15) is 5.11 Å². The molecule has 0 radical (unpaired) electrons. The van der Waals surface area contributed by atoms with Crippen molar-refractivity contribution in [3.63, 3.8) is 0 Å². The number of hydrogen-bond acceptors (Lipinski definition) is 1. The minimum Gasteiger partial charge on any atom is -0.391 e. The van der Waals surface area contributed by atoms with E-state index < -0.39 is 0 Å². The van der Waals surface area contributed by atoms with Gasteiger partial charge >= 0.3 is 0 Å². The molecular formula is C20H31ClO. The van der Waals surface area contributed by atoms with Gasteiger partial charge in [-0.25, -0.2) is 0 Å². The van der Waals surface area contributed by atoms with Crippen LogP contribution in [0.5, 0.6) is 0 Å². The molecule has 1 nitrogen and oxygen atoms in total. The van der Waals surface area contributed by atoms with Crippen LogP contribution in [0.4, 0.5) is 0 Å². The van der Waals surface area contributed by atoms with E-state index in [1.54, 1.807) is 0 Å². The Morgan fingerprint density at radius 1 is 1.09 bits per heavy atom. The summed E-state index contributed by atoms with van der Waals surface area (Å²) in [5.74, 6) is 3.84. The first-order chi connectivity index (χ1) is 10.4. The zero-order valence-corrected chi connectivity index (χ0v) is 15.0. The molecule has 4 aliphatic carbocycles. The van der Waals surface area contributed by atoms with Crippen LogP contribution in [0.2, 0.25) is 0 Å². The average molecular weight is 323 g/mol.